The fraction of sp³-hybridized carbons (Fsp3) is 1.00. The zero-order chi connectivity index (χ0) is 12.1. The van der Waals surface area contributed by atoms with Gasteiger partial charge in [-0.2, -0.15) is 0 Å². The molecule has 0 aliphatic carbocycles. The SMILES string of the molecule is CCCC(CC(C)C)C(O)(O)CC(C)C. The predicted octanol–water partition coefficient (Wildman–Crippen LogP) is 3.18. The Morgan fingerprint density at radius 2 is 1.53 bits per heavy atom. The lowest BCUT2D eigenvalue weighted by Crippen LogP contribution is -2.39. The summed E-state index contributed by atoms with van der Waals surface area (Å²) in [6.45, 7) is 10.4. The molecule has 0 aliphatic rings. The second kappa shape index (κ2) is 6.49. The summed E-state index contributed by atoms with van der Waals surface area (Å²) >= 11 is 0. The minimum atomic E-state index is -1.48. The van der Waals surface area contributed by atoms with E-state index in [1.807, 2.05) is 13.8 Å². The van der Waals surface area contributed by atoms with Crippen LogP contribution < -0.4 is 0 Å². The zero-order valence-electron chi connectivity index (χ0n) is 11.0. The first-order chi connectivity index (χ1) is 6.79. The first-order valence-corrected chi connectivity index (χ1v) is 6.24. The Labute approximate surface area is 94.7 Å². The van der Waals surface area contributed by atoms with Gasteiger partial charge in [-0.25, -0.2) is 0 Å². The molecule has 1 unspecified atom stereocenters. The molecule has 0 spiro atoms. The van der Waals surface area contributed by atoms with Crippen LogP contribution in [0, 0.1) is 17.8 Å². The van der Waals surface area contributed by atoms with Crippen LogP contribution in [0.15, 0.2) is 0 Å². The topological polar surface area (TPSA) is 40.5 Å². The van der Waals surface area contributed by atoms with Crippen molar-refractivity contribution in [1.82, 2.24) is 0 Å². The highest BCUT2D eigenvalue weighted by atomic mass is 16.5. The van der Waals surface area contributed by atoms with Gasteiger partial charge in [-0.05, 0) is 24.7 Å². The molecule has 0 aliphatic heterocycles. The molecule has 15 heavy (non-hydrogen) atoms. The van der Waals surface area contributed by atoms with E-state index in [0.717, 1.165) is 19.3 Å². The molecule has 2 heteroatoms. The average Bonchev–Trinajstić information content (AvgIpc) is 2.00. The molecule has 0 saturated carbocycles. The van der Waals surface area contributed by atoms with E-state index in [4.69, 9.17) is 0 Å². The van der Waals surface area contributed by atoms with Crippen molar-refractivity contribution < 1.29 is 10.2 Å². The summed E-state index contributed by atoms with van der Waals surface area (Å²) in [4.78, 5) is 0. The van der Waals surface area contributed by atoms with Crippen LogP contribution in [0.1, 0.15) is 60.3 Å². The van der Waals surface area contributed by atoms with E-state index < -0.39 is 5.79 Å². The standard InChI is InChI=1S/C13H28O2/c1-6-7-12(8-10(2)3)13(14,15)9-11(4)5/h10-12,14-15H,6-9H2,1-5H3. The average molecular weight is 216 g/mol. The summed E-state index contributed by atoms with van der Waals surface area (Å²) in [5, 5.41) is 20.2. The van der Waals surface area contributed by atoms with Crippen LogP contribution in [0.25, 0.3) is 0 Å². The minimum Gasteiger partial charge on any atom is -0.365 e. The van der Waals surface area contributed by atoms with E-state index in [2.05, 4.69) is 20.8 Å². The molecule has 0 aromatic rings. The summed E-state index contributed by atoms with van der Waals surface area (Å²) in [6.07, 6.45) is 3.29. The maximum absolute atomic E-state index is 10.1. The largest absolute Gasteiger partial charge is 0.365 e. The summed E-state index contributed by atoms with van der Waals surface area (Å²) in [7, 11) is 0. The number of aliphatic hydroxyl groups is 2. The molecule has 0 rings (SSSR count). The highest BCUT2D eigenvalue weighted by Crippen LogP contribution is 2.31. The smallest absolute Gasteiger partial charge is 0.165 e. The van der Waals surface area contributed by atoms with Crippen LogP contribution in [-0.4, -0.2) is 16.0 Å². The number of hydrogen-bond donors (Lipinski definition) is 2. The Bertz CT molecular complexity index is 162. The van der Waals surface area contributed by atoms with Crippen molar-refractivity contribution in [3.05, 3.63) is 0 Å². The van der Waals surface area contributed by atoms with Gasteiger partial charge < -0.3 is 10.2 Å². The number of hydrogen-bond acceptors (Lipinski definition) is 2. The summed E-state index contributed by atoms with van der Waals surface area (Å²) in [5.74, 6) is -0.613. The summed E-state index contributed by atoms with van der Waals surface area (Å²) in [5.41, 5.74) is 0. The van der Waals surface area contributed by atoms with E-state index in [-0.39, 0.29) is 5.92 Å². The second-order valence-corrected chi connectivity index (χ2v) is 5.59. The maximum Gasteiger partial charge on any atom is 0.165 e. The first kappa shape index (κ1) is 14.9. The van der Waals surface area contributed by atoms with Crippen molar-refractivity contribution in [3.8, 4) is 0 Å². The van der Waals surface area contributed by atoms with Crippen molar-refractivity contribution >= 4 is 0 Å². The summed E-state index contributed by atoms with van der Waals surface area (Å²) in [6, 6.07) is 0. The Morgan fingerprint density at radius 3 is 1.87 bits per heavy atom. The van der Waals surface area contributed by atoms with Crippen LogP contribution in [-0.2, 0) is 0 Å². The van der Waals surface area contributed by atoms with Crippen molar-refractivity contribution in [3.63, 3.8) is 0 Å². The molecule has 0 aromatic carbocycles. The fourth-order valence-electron chi connectivity index (χ4n) is 2.22. The van der Waals surface area contributed by atoms with E-state index in [1.165, 1.54) is 0 Å². The lowest BCUT2D eigenvalue weighted by atomic mass is 9.82. The zero-order valence-corrected chi connectivity index (χ0v) is 11.0. The molecule has 0 bridgehead atoms. The van der Waals surface area contributed by atoms with Gasteiger partial charge in [0.1, 0.15) is 0 Å². The Kier molecular flexibility index (Phi) is 6.46. The van der Waals surface area contributed by atoms with Gasteiger partial charge in [-0.1, -0.05) is 41.0 Å². The van der Waals surface area contributed by atoms with Crippen molar-refractivity contribution in [2.24, 2.45) is 17.8 Å². The van der Waals surface area contributed by atoms with Gasteiger partial charge in [0, 0.05) is 12.3 Å². The second-order valence-electron chi connectivity index (χ2n) is 5.59. The van der Waals surface area contributed by atoms with Crippen molar-refractivity contribution in [1.29, 1.82) is 0 Å². The monoisotopic (exact) mass is 216 g/mol. The Balaban J connectivity index is 4.42. The van der Waals surface area contributed by atoms with Gasteiger partial charge in [0.05, 0.1) is 0 Å². The molecule has 1 atom stereocenters. The molecular formula is C13H28O2. The van der Waals surface area contributed by atoms with Gasteiger partial charge in [-0.3, -0.25) is 0 Å². The lowest BCUT2D eigenvalue weighted by molar-refractivity contribution is -0.215. The Morgan fingerprint density at radius 1 is 1.00 bits per heavy atom. The van der Waals surface area contributed by atoms with Crippen LogP contribution in [0.4, 0.5) is 0 Å². The summed E-state index contributed by atoms with van der Waals surface area (Å²) < 4.78 is 0. The van der Waals surface area contributed by atoms with Crippen molar-refractivity contribution in [2.45, 2.75) is 66.1 Å². The molecular weight excluding hydrogens is 188 g/mol. The molecule has 0 amide bonds. The fourth-order valence-corrected chi connectivity index (χ4v) is 2.22. The molecule has 0 heterocycles. The van der Waals surface area contributed by atoms with Gasteiger partial charge in [0.15, 0.2) is 5.79 Å². The van der Waals surface area contributed by atoms with Crippen LogP contribution in [0.2, 0.25) is 0 Å². The minimum absolute atomic E-state index is 0.0184. The number of rotatable bonds is 7. The van der Waals surface area contributed by atoms with Crippen LogP contribution in [0.3, 0.4) is 0 Å². The third kappa shape index (κ3) is 6.16. The third-order valence-corrected chi connectivity index (χ3v) is 2.76. The first-order valence-electron chi connectivity index (χ1n) is 6.24. The van der Waals surface area contributed by atoms with Crippen LogP contribution >= 0.6 is 0 Å². The maximum atomic E-state index is 10.1. The quantitative estimate of drug-likeness (QED) is 0.642. The molecule has 2 N–H and O–H groups in total. The van der Waals surface area contributed by atoms with Crippen molar-refractivity contribution in [2.75, 3.05) is 0 Å². The molecule has 0 saturated heterocycles. The van der Waals surface area contributed by atoms with Gasteiger partial charge in [0.2, 0.25) is 0 Å². The molecule has 0 aromatic heterocycles. The van der Waals surface area contributed by atoms with Gasteiger partial charge in [0.25, 0.3) is 0 Å². The third-order valence-electron chi connectivity index (χ3n) is 2.76. The van der Waals surface area contributed by atoms with Gasteiger partial charge in [-0.15, -0.1) is 0 Å². The van der Waals surface area contributed by atoms with E-state index >= 15 is 0 Å². The predicted molar refractivity (Wildman–Crippen MR) is 64.5 cm³/mol. The molecule has 0 radical (unpaired) electrons. The Hall–Kier alpha value is -0.0800. The van der Waals surface area contributed by atoms with E-state index in [0.29, 0.717) is 18.3 Å². The van der Waals surface area contributed by atoms with Crippen LogP contribution in [0.5, 0.6) is 0 Å². The molecule has 2 nitrogen and oxygen atoms in total. The normalized spacial score (nSPS) is 15.0. The molecule has 92 valence electrons. The highest BCUT2D eigenvalue weighted by Gasteiger charge is 2.34. The highest BCUT2D eigenvalue weighted by molar-refractivity contribution is 4.78. The van der Waals surface area contributed by atoms with E-state index in [1.54, 1.807) is 0 Å². The van der Waals surface area contributed by atoms with E-state index in [9.17, 15) is 10.2 Å². The molecule has 0 fully saturated rings. The lowest BCUT2D eigenvalue weighted by Gasteiger charge is -2.33. The van der Waals surface area contributed by atoms with Gasteiger partial charge >= 0.3 is 0 Å².